The van der Waals surface area contributed by atoms with Gasteiger partial charge in [0, 0.05) is 5.56 Å². The van der Waals surface area contributed by atoms with Crippen LogP contribution in [0.5, 0.6) is 5.75 Å². The Morgan fingerprint density at radius 3 is 1.78 bits per heavy atom. The Morgan fingerprint density at radius 2 is 1.22 bits per heavy atom. The fourth-order valence-electron chi connectivity index (χ4n) is 4.77. The maximum atomic E-state index is 12.3. The molecule has 0 spiro atoms. The molecule has 0 saturated carbocycles. The van der Waals surface area contributed by atoms with Gasteiger partial charge in [0.25, 0.3) is 0 Å². The van der Waals surface area contributed by atoms with Crippen LogP contribution in [0.3, 0.4) is 0 Å². The number of unbranched alkanes of at least 4 members (excludes halogenated alkanes) is 13. The van der Waals surface area contributed by atoms with E-state index in [-0.39, 0.29) is 0 Å². The molecule has 0 aliphatic heterocycles. The van der Waals surface area contributed by atoms with E-state index in [1.54, 1.807) is 24.3 Å². The van der Waals surface area contributed by atoms with E-state index in [1.807, 2.05) is 18.2 Å². The molecule has 0 amide bonds. The summed E-state index contributed by atoms with van der Waals surface area (Å²) in [6.07, 6.45) is 17.3. The minimum Gasteiger partial charge on any atom is -0.465 e. The molecule has 0 radical (unpaired) electrons. The van der Waals surface area contributed by atoms with Crippen LogP contribution < -0.4 is 4.74 Å². The Balaban J connectivity index is 1.85. The van der Waals surface area contributed by atoms with Gasteiger partial charge in [-0.1, -0.05) is 121 Å². The molecule has 0 atom stereocenters. The highest BCUT2D eigenvalue weighted by Gasteiger charge is 2.18. The Labute approximate surface area is 217 Å². The summed E-state index contributed by atoms with van der Waals surface area (Å²) in [6, 6.07) is 12.6. The molecule has 0 aliphatic carbocycles. The maximum absolute atomic E-state index is 12.3. The number of benzene rings is 2. The lowest BCUT2D eigenvalue weighted by Crippen LogP contribution is -2.08. The Morgan fingerprint density at radius 1 is 0.694 bits per heavy atom. The van der Waals surface area contributed by atoms with E-state index in [0.717, 1.165) is 29.5 Å². The van der Waals surface area contributed by atoms with Crippen LogP contribution in [-0.4, -0.2) is 24.3 Å². The topological polar surface area (TPSA) is 72.8 Å². The lowest BCUT2D eigenvalue weighted by molar-refractivity contribution is 0.0601. The van der Waals surface area contributed by atoms with Crippen LogP contribution >= 0.6 is 0 Å². The number of methoxy groups -OCH3 is 1. The fraction of sp³-hybridized carbons (Fsp3) is 0.548. The molecule has 36 heavy (non-hydrogen) atoms. The van der Waals surface area contributed by atoms with Gasteiger partial charge in [0.2, 0.25) is 0 Å². The van der Waals surface area contributed by atoms with E-state index in [2.05, 4.69) is 6.92 Å². The second kappa shape index (κ2) is 17.6. The molecule has 0 fully saturated rings. The Kier molecular flexibility index (Phi) is 14.4. The van der Waals surface area contributed by atoms with E-state index in [0.29, 0.717) is 17.7 Å². The van der Waals surface area contributed by atoms with Crippen molar-refractivity contribution < 1.29 is 24.2 Å². The van der Waals surface area contributed by atoms with Gasteiger partial charge in [-0.15, -0.1) is 0 Å². The summed E-state index contributed by atoms with van der Waals surface area (Å²) < 4.78 is 10.1. The van der Waals surface area contributed by atoms with Crippen molar-refractivity contribution in [2.24, 2.45) is 0 Å². The van der Waals surface area contributed by atoms with Crippen molar-refractivity contribution in [2.75, 3.05) is 7.11 Å². The number of carboxylic acid groups (broad SMARTS) is 1. The molecule has 2 aromatic carbocycles. The van der Waals surface area contributed by atoms with Crippen molar-refractivity contribution in [1.29, 1.82) is 0 Å². The van der Waals surface area contributed by atoms with E-state index in [4.69, 9.17) is 9.47 Å². The summed E-state index contributed by atoms with van der Waals surface area (Å²) in [7, 11) is 1.36. The lowest BCUT2D eigenvalue weighted by Gasteiger charge is -2.16. The molecule has 1 N–H and O–H groups in total. The van der Waals surface area contributed by atoms with Gasteiger partial charge in [-0.2, -0.15) is 0 Å². The number of carbonyl (C=O) groups excluding carboxylic acids is 1. The molecule has 198 valence electrons. The zero-order valence-electron chi connectivity index (χ0n) is 22.2. The molecular weight excluding hydrogens is 452 g/mol. The van der Waals surface area contributed by atoms with E-state index in [9.17, 15) is 14.7 Å². The minimum atomic E-state index is -1.34. The lowest BCUT2D eigenvalue weighted by atomic mass is 9.92. The molecule has 0 bridgehead atoms. The number of hydrogen-bond acceptors (Lipinski definition) is 4. The summed E-state index contributed by atoms with van der Waals surface area (Å²) in [4.78, 5) is 23.6. The number of ether oxygens (including phenoxy) is 2. The Hall–Kier alpha value is -2.82. The average Bonchev–Trinajstić information content (AvgIpc) is 2.88. The number of rotatable bonds is 18. The van der Waals surface area contributed by atoms with Gasteiger partial charge in [-0.25, -0.2) is 9.59 Å². The molecule has 0 aliphatic rings. The zero-order valence-corrected chi connectivity index (χ0v) is 22.2. The summed E-state index contributed by atoms with van der Waals surface area (Å²) in [5.41, 5.74) is 2.80. The molecule has 2 aromatic rings. The van der Waals surface area contributed by atoms with Crippen molar-refractivity contribution in [2.45, 2.75) is 103 Å². The fourth-order valence-corrected chi connectivity index (χ4v) is 4.77. The first-order chi connectivity index (χ1) is 17.6. The van der Waals surface area contributed by atoms with Crippen LogP contribution in [0, 0.1) is 0 Å². The highest BCUT2D eigenvalue weighted by Crippen LogP contribution is 2.34. The largest absolute Gasteiger partial charge is 0.511 e. The van der Waals surface area contributed by atoms with Crippen LogP contribution in [0.2, 0.25) is 0 Å². The third-order valence-corrected chi connectivity index (χ3v) is 6.73. The summed E-state index contributed by atoms with van der Waals surface area (Å²) in [5, 5.41) is 9.23. The predicted octanol–water partition coefficient (Wildman–Crippen LogP) is 9.22. The van der Waals surface area contributed by atoms with Gasteiger partial charge in [-0.05, 0) is 36.1 Å². The quantitative estimate of drug-likeness (QED) is 0.126. The summed E-state index contributed by atoms with van der Waals surface area (Å²) in [5.74, 6) is -0.0908. The van der Waals surface area contributed by atoms with Crippen LogP contribution in [0.4, 0.5) is 4.79 Å². The molecule has 2 rings (SSSR count). The van der Waals surface area contributed by atoms with Crippen molar-refractivity contribution in [1.82, 2.24) is 0 Å². The van der Waals surface area contributed by atoms with Gasteiger partial charge in [-0.3, -0.25) is 0 Å². The predicted molar refractivity (Wildman–Crippen MR) is 146 cm³/mol. The SMILES string of the molecule is CCCCCCCCCCCCCCCCc1c(OC(=O)O)cccc1-c1ccccc1C(=O)OC. The van der Waals surface area contributed by atoms with Gasteiger partial charge >= 0.3 is 12.1 Å². The summed E-state index contributed by atoms with van der Waals surface area (Å²) >= 11 is 0. The van der Waals surface area contributed by atoms with Gasteiger partial charge < -0.3 is 14.6 Å². The van der Waals surface area contributed by atoms with Crippen LogP contribution in [0.15, 0.2) is 42.5 Å². The molecule has 0 heterocycles. The molecular formula is C31H44O5. The number of carbonyl (C=O) groups is 2. The Bertz CT molecular complexity index is 921. The first kappa shape index (κ1) is 29.4. The third kappa shape index (κ3) is 10.4. The van der Waals surface area contributed by atoms with E-state index >= 15 is 0 Å². The van der Waals surface area contributed by atoms with Gasteiger partial charge in [0.15, 0.2) is 0 Å². The maximum Gasteiger partial charge on any atom is 0.511 e. The highest BCUT2D eigenvalue weighted by molar-refractivity contribution is 5.98. The number of esters is 1. The first-order valence-corrected chi connectivity index (χ1v) is 13.8. The second-order valence-corrected chi connectivity index (χ2v) is 9.53. The van der Waals surface area contributed by atoms with Crippen molar-refractivity contribution >= 4 is 12.1 Å². The number of hydrogen-bond donors (Lipinski definition) is 1. The first-order valence-electron chi connectivity index (χ1n) is 13.8. The molecule has 0 aromatic heterocycles. The molecule has 0 saturated heterocycles. The van der Waals surface area contributed by atoms with Crippen LogP contribution in [0.1, 0.15) is 113 Å². The molecule has 0 unspecified atom stereocenters. The monoisotopic (exact) mass is 496 g/mol. The van der Waals surface area contributed by atoms with Gasteiger partial charge in [0.05, 0.1) is 12.7 Å². The smallest absolute Gasteiger partial charge is 0.465 e. The third-order valence-electron chi connectivity index (χ3n) is 6.73. The van der Waals surface area contributed by atoms with E-state index in [1.165, 1.54) is 84.2 Å². The second-order valence-electron chi connectivity index (χ2n) is 9.53. The van der Waals surface area contributed by atoms with Crippen molar-refractivity contribution in [3.05, 3.63) is 53.6 Å². The van der Waals surface area contributed by atoms with Crippen LogP contribution in [0.25, 0.3) is 11.1 Å². The highest BCUT2D eigenvalue weighted by atomic mass is 16.7. The average molecular weight is 497 g/mol. The van der Waals surface area contributed by atoms with E-state index < -0.39 is 12.1 Å². The van der Waals surface area contributed by atoms with Crippen molar-refractivity contribution in [3.63, 3.8) is 0 Å². The van der Waals surface area contributed by atoms with Crippen LogP contribution in [-0.2, 0) is 11.2 Å². The minimum absolute atomic E-state index is 0.328. The standard InChI is InChI=1S/C31H44O5/c1-3-4-5-6-7-8-9-10-11-12-13-14-15-16-21-27-25(23-19-24-29(27)36-31(33)34)26-20-17-18-22-28(26)30(32)35-2/h17-20,22-24H,3-16,21H2,1-2H3,(H,33,34). The van der Waals surface area contributed by atoms with Gasteiger partial charge in [0.1, 0.15) is 5.75 Å². The zero-order chi connectivity index (χ0) is 26.0. The molecule has 5 nitrogen and oxygen atoms in total. The summed E-state index contributed by atoms with van der Waals surface area (Å²) in [6.45, 7) is 2.26. The van der Waals surface area contributed by atoms with Crippen molar-refractivity contribution in [3.8, 4) is 16.9 Å². The molecule has 5 heteroatoms. The normalized spacial score (nSPS) is 10.8.